The van der Waals surface area contributed by atoms with Gasteiger partial charge in [0.05, 0.1) is 19.1 Å². The van der Waals surface area contributed by atoms with Gasteiger partial charge in [-0.25, -0.2) is 4.79 Å². The van der Waals surface area contributed by atoms with Crippen LogP contribution in [0.1, 0.15) is 19.3 Å². The topological polar surface area (TPSA) is 91.4 Å². The van der Waals surface area contributed by atoms with Crippen LogP contribution in [0.4, 0.5) is 4.79 Å². The minimum atomic E-state index is -1.07. The molecule has 1 unspecified atom stereocenters. The molecule has 0 bridgehead atoms. The van der Waals surface area contributed by atoms with E-state index in [0.29, 0.717) is 11.7 Å². The standard InChI is InChI=1S/C11H13NO7/c13-8-1-2-9(14)12(8)19-11(15)18-7-5-17-10-6(7)3-4-16-10/h6-7,10H,1-5H2/t6-,7?,10-/m0/s1. The summed E-state index contributed by atoms with van der Waals surface area (Å²) in [6.07, 6.45) is -1.02. The molecular formula is C11H13NO7. The van der Waals surface area contributed by atoms with Crippen molar-refractivity contribution in [3.63, 3.8) is 0 Å². The van der Waals surface area contributed by atoms with Crippen LogP contribution in [0.5, 0.6) is 0 Å². The van der Waals surface area contributed by atoms with E-state index in [-0.39, 0.29) is 31.7 Å². The fourth-order valence-electron chi connectivity index (χ4n) is 2.43. The average Bonchev–Trinajstić information content (AvgIpc) is 3.03. The molecule has 3 atom stereocenters. The van der Waals surface area contributed by atoms with Crippen LogP contribution in [-0.4, -0.2) is 48.6 Å². The highest BCUT2D eigenvalue weighted by atomic mass is 16.8. The lowest BCUT2D eigenvalue weighted by atomic mass is 10.0. The van der Waals surface area contributed by atoms with Gasteiger partial charge >= 0.3 is 6.16 Å². The lowest BCUT2D eigenvalue weighted by Crippen LogP contribution is -2.35. The normalized spacial score (nSPS) is 33.7. The highest BCUT2D eigenvalue weighted by Crippen LogP contribution is 2.33. The smallest absolute Gasteiger partial charge is 0.426 e. The molecule has 3 saturated heterocycles. The maximum absolute atomic E-state index is 11.5. The van der Waals surface area contributed by atoms with E-state index in [1.54, 1.807) is 0 Å². The van der Waals surface area contributed by atoms with Gasteiger partial charge in [0.15, 0.2) is 6.29 Å². The first-order valence-corrected chi connectivity index (χ1v) is 6.13. The van der Waals surface area contributed by atoms with Gasteiger partial charge in [0.2, 0.25) is 0 Å². The number of nitrogens with zero attached hydrogens (tertiary/aromatic N) is 1. The van der Waals surface area contributed by atoms with Gasteiger partial charge in [-0.1, -0.05) is 5.06 Å². The fourth-order valence-corrected chi connectivity index (χ4v) is 2.43. The maximum Gasteiger partial charge on any atom is 0.534 e. The number of carbonyl (C=O) groups excluding carboxylic acids is 3. The molecule has 3 aliphatic rings. The van der Waals surface area contributed by atoms with Crippen LogP contribution >= 0.6 is 0 Å². The lowest BCUT2D eigenvalue weighted by Gasteiger charge is -2.17. The monoisotopic (exact) mass is 271 g/mol. The quantitative estimate of drug-likeness (QED) is 0.514. The molecule has 3 aliphatic heterocycles. The Kier molecular flexibility index (Phi) is 3.11. The number of ether oxygens (including phenoxy) is 3. The molecule has 104 valence electrons. The van der Waals surface area contributed by atoms with Crippen molar-refractivity contribution in [3.05, 3.63) is 0 Å². The number of hydroxylamine groups is 2. The fraction of sp³-hybridized carbons (Fsp3) is 0.727. The van der Waals surface area contributed by atoms with E-state index in [1.165, 1.54) is 0 Å². The summed E-state index contributed by atoms with van der Waals surface area (Å²) in [6, 6.07) is 0. The number of rotatable bonds is 2. The second-order valence-corrected chi connectivity index (χ2v) is 4.60. The minimum absolute atomic E-state index is 0.0162. The van der Waals surface area contributed by atoms with Crippen LogP contribution < -0.4 is 0 Å². The zero-order valence-electron chi connectivity index (χ0n) is 10.1. The van der Waals surface area contributed by atoms with Gasteiger partial charge in [-0.2, -0.15) is 0 Å². The van der Waals surface area contributed by atoms with E-state index in [0.717, 1.165) is 6.42 Å². The molecule has 0 N–H and O–H groups in total. The predicted octanol–water partition coefficient (Wildman–Crippen LogP) is -0.0350. The molecule has 3 rings (SSSR count). The summed E-state index contributed by atoms with van der Waals surface area (Å²) in [5, 5.41) is 0.459. The van der Waals surface area contributed by atoms with Crippen LogP contribution in [0, 0.1) is 5.92 Å². The molecule has 2 amide bonds. The number of carbonyl (C=O) groups is 3. The van der Waals surface area contributed by atoms with Crippen molar-refractivity contribution >= 4 is 18.0 Å². The van der Waals surface area contributed by atoms with Gasteiger partial charge in [-0.3, -0.25) is 14.4 Å². The first-order chi connectivity index (χ1) is 9.15. The lowest BCUT2D eigenvalue weighted by molar-refractivity contribution is -0.179. The van der Waals surface area contributed by atoms with Crippen LogP contribution in [0.15, 0.2) is 0 Å². The van der Waals surface area contributed by atoms with Crippen molar-refractivity contribution in [2.45, 2.75) is 31.7 Å². The van der Waals surface area contributed by atoms with E-state index in [4.69, 9.17) is 14.2 Å². The highest BCUT2D eigenvalue weighted by Gasteiger charge is 2.44. The third-order valence-electron chi connectivity index (χ3n) is 3.40. The molecular weight excluding hydrogens is 258 g/mol. The van der Waals surface area contributed by atoms with Gasteiger partial charge in [0.25, 0.3) is 11.8 Å². The van der Waals surface area contributed by atoms with Gasteiger partial charge in [-0.15, -0.1) is 0 Å². The Bertz CT molecular complexity index is 407. The first kappa shape index (κ1) is 12.4. The molecule has 0 aromatic rings. The van der Waals surface area contributed by atoms with Crippen molar-refractivity contribution < 1.29 is 33.4 Å². The largest absolute Gasteiger partial charge is 0.534 e. The third kappa shape index (κ3) is 2.28. The summed E-state index contributed by atoms with van der Waals surface area (Å²) in [4.78, 5) is 38.7. The van der Waals surface area contributed by atoms with Crippen LogP contribution in [0.3, 0.4) is 0 Å². The van der Waals surface area contributed by atoms with E-state index >= 15 is 0 Å². The van der Waals surface area contributed by atoms with Gasteiger partial charge in [-0.05, 0) is 6.42 Å². The Labute approximate surface area is 108 Å². The Balaban J connectivity index is 1.54. The van der Waals surface area contributed by atoms with Crippen molar-refractivity contribution in [2.75, 3.05) is 13.2 Å². The number of amides is 2. The zero-order chi connectivity index (χ0) is 13.4. The predicted molar refractivity (Wildman–Crippen MR) is 56.2 cm³/mol. The molecule has 8 heteroatoms. The zero-order valence-corrected chi connectivity index (χ0v) is 10.1. The van der Waals surface area contributed by atoms with Gasteiger partial charge in [0.1, 0.15) is 6.10 Å². The van der Waals surface area contributed by atoms with E-state index < -0.39 is 24.1 Å². The number of imide groups is 1. The minimum Gasteiger partial charge on any atom is -0.426 e. The number of fused-ring (bicyclic) bond motifs is 1. The molecule has 0 aromatic carbocycles. The van der Waals surface area contributed by atoms with E-state index in [9.17, 15) is 14.4 Å². The van der Waals surface area contributed by atoms with Crippen molar-refractivity contribution in [2.24, 2.45) is 5.92 Å². The van der Waals surface area contributed by atoms with E-state index in [2.05, 4.69) is 4.84 Å². The summed E-state index contributed by atoms with van der Waals surface area (Å²) in [6.45, 7) is 0.791. The Morgan fingerprint density at radius 2 is 1.95 bits per heavy atom. The second-order valence-electron chi connectivity index (χ2n) is 4.60. The van der Waals surface area contributed by atoms with Gasteiger partial charge in [0, 0.05) is 12.8 Å². The molecule has 0 spiro atoms. The number of hydrogen-bond donors (Lipinski definition) is 0. The summed E-state index contributed by atoms with van der Waals surface area (Å²) in [5.41, 5.74) is 0. The maximum atomic E-state index is 11.5. The molecule has 0 aromatic heterocycles. The van der Waals surface area contributed by atoms with E-state index in [1.807, 2.05) is 0 Å². The summed E-state index contributed by atoms with van der Waals surface area (Å²) < 4.78 is 15.7. The Hall–Kier alpha value is -1.67. The molecule has 3 fully saturated rings. The average molecular weight is 271 g/mol. The molecule has 3 heterocycles. The van der Waals surface area contributed by atoms with Crippen molar-refractivity contribution in [3.8, 4) is 0 Å². The van der Waals surface area contributed by atoms with Crippen LogP contribution in [0.2, 0.25) is 0 Å². The SMILES string of the molecule is O=C(OC1CO[C@@H]2OCC[C@@H]12)ON1C(=O)CCC1=O. The second kappa shape index (κ2) is 4.78. The number of hydrogen-bond acceptors (Lipinski definition) is 7. The first-order valence-electron chi connectivity index (χ1n) is 6.13. The third-order valence-corrected chi connectivity index (χ3v) is 3.40. The van der Waals surface area contributed by atoms with Crippen molar-refractivity contribution in [1.29, 1.82) is 0 Å². The molecule has 8 nitrogen and oxygen atoms in total. The van der Waals surface area contributed by atoms with Crippen LogP contribution in [-0.2, 0) is 28.6 Å². The molecule has 0 radical (unpaired) electrons. The highest BCUT2D eigenvalue weighted by molar-refractivity contribution is 6.01. The molecule has 0 saturated carbocycles. The molecule has 0 aliphatic carbocycles. The van der Waals surface area contributed by atoms with Crippen molar-refractivity contribution in [1.82, 2.24) is 5.06 Å². The van der Waals surface area contributed by atoms with Gasteiger partial charge < -0.3 is 14.2 Å². The summed E-state index contributed by atoms with van der Waals surface area (Å²) in [7, 11) is 0. The van der Waals surface area contributed by atoms with Crippen LogP contribution in [0.25, 0.3) is 0 Å². The summed E-state index contributed by atoms with van der Waals surface area (Å²) in [5.74, 6) is -1.09. The Morgan fingerprint density at radius 1 is 1.21 bits per heavy atom. The summed E-state index contributed by atoms with van der Waals surface area (Å²) >= 11 is 0. The molecule has 19 heavy (non-hydrogen) atoms. The Morgan fingerprint density at radius 3 is 2.68 bits per heavy atom.